The maximum absolute atomic E-state index is 11.7. The lowest BCUT2D eigenvalue weighted by Crippen LogP contribution is -2.45. The zero-order valence-corrected chi connectivity index (χ0v) is 17.6. The van der Waals surface area contributed by atoms with Gasteiger partial charge >= 0.3 is 0 Å². The van der Waals surface area contributed by atoms with Crippen LogP contribution < -0.4 is 10.6 Å². The van der Waals surface area contributed by atoms with Crippen molar-refractivity contribution in [3.05, 3.63) is 0 Å². The van der Waals surface area contributed by atoms with E-state index in [-0.39, 0.29) is 36.4 Å². The van der Waals surface area contributed by atoms with Gasteiger partial charge in [0.25, 0.3) is 0 Å². The highest BCUT2D eigenvalue weighted by Gasteiger charge is 2.15. The highest BCUT2D eigenvalue weighted by Crippen LogP contribution is 2.17. The van der Waals surface area contributed by atoms with Gasteiger partial charge in [-0.3, -0.25) is 4.79 Å². The Hall–Kier alpha value is -0.530. The van der Waals surface area contributed by atoms with Crippen molar-refractivity contribution in [2.45, 2.75) is 64.8 Å². The van der Waals surface area contributed by atoms with Crippen LogP contribution in [0.15, 0.2) is 4.99 Å². The van der Waals surface area contributed by atoms with E-state index in [1.165, 1.54) is 38.5 Å². The number of aliphatic imine (C=N–C) groups is 1. The Bertz CT molecular complexity index is 353. The highest BCUT2D eigenvalue weighted by molar-refractivity contribution is 14.0. The molecule has 1 aliphatic carbocycles. The van der Waals surface area contributed by atoms with Crippen LogP contribution in [-0.2, 0) is 4.79 Å². The third kappa shape index (κ3) is 10.8. The van der Waals surface area contributed by atoms with Crippen LogP contribution in [0.1, 0.15) is 58.8 Å². The molecule has 23 heavy (non-hydrogen) atoms. The van der Waals surface area contributed by atoms with Crippen molar-refractivity contribution in [1.82, 2.24) is 15.5 Å². The van der Waals surface area contributed by atoms with E-state index >= 15 is 0 Å². The Morgan fingerprint density at radius 2 is 1.87 bits per heavy atom. The van der Waals surface area contributed by atoms with Crippen molar-refractivity contribution in [3.63, 3.8) is 0 Å². The van der Waals surface area contributed by atoms with E-state index in [2.05, 4.69) is 29.5 Å². The molecule has 0 saturated heterocycles. The van der Waals surface area contributed by atoms with Gasteiger partial charge in [0.05, 0.1) is 0 Å². The molecule has 0 radical (unpaired) electrons. The highest BCUT2D eigenvalue weighted by atomic mass is 127. The SMILES string of the molecule is CC(C)CCCNC(=NCC(=O)N(C)C)NC1CCCCC1.I. The van der Waals surface area contributed by atoms with Crippen molar-refractivity contribution in [3.8, 4) is 0 Å². The molecule has 1 aliphatic rings. The second kappa shape index (κ2) is 12.8. The number of likely N-dealkylation sites (N-methyl/N-ethyl adjacent to an activating group) is 1. The van der Waals surface area contributed by atoms with Crippen LogP contribution in [0.2, 0.25) is 0 Å². The zero-order chi connectivity index (χ0) is 16.4. The minimum atomic E-state index is 0. The molecule has 0 unspecified atom stereocenters. The first-order valence-electron chi connectivity index (χ1n) is 8.74. The standard InChI is InChI=1S/C17H34N4O.HI/c1-14(2)9-8-12-18-17(19-13-16(22)21(3)4)20-15-10-6-5-7-11-15;/h14-15H,5-13H2,1-4H3,(H2,18,19,20);1H. The molecule has 1 rings (SSSR count). The average Bonchev–Trinajstić information content (AvgIpc) is 2.49. The number of guanidine groups is 1. The number of amides is 1. The molecule has 1 saturated carbocycles. The van der Waals surface area contributed by atoms with Crippen molar-refractivity contribution < 1.29 is 4.79 Å². The predicted octanol–water partition coefficient (Wildman–Crippen LogP) is 3.00. The molecule has 0 atom stereocenters. The molecule has 0 aromatic rings. The molecule has 0 aromatic carbocycles. The molecule has 0 aromatic heterocycles. The third-order valence-electron chi connectivity index (χ3n) is 4.07. The summed E-state index contributed by atoms with van der Waals surface area (Å²) in [5.41, 5.74) is 0. The van der Waals surface area contributed by atoms with Gasteiger partial charge in [0, 0.05) is 26.7 Å². The Balaban J connectivity index is 0.00000484. The van der Waals surface area contributed by atoms with Gasteiger partial charge in [0.1, 0.15) is 6.54 Å². The Labute approximate surface area is 159 Å². The molecule has 0 spiro atoms. The number of carbonyl (C=O) groups is 1. The van der Waals surface area contributed by atoms with Crippen molar-refractivity contribution >= 4 is 35.8 Å². The molecule has 2 N–H and O–H groups in total. The van der Waals surface area contributed by atoms with Crippen LogP contribution in [0, 0.1) is 5.92 Å². The molecule has 1 amide bonds. The lowest BCUT2D eigenvalue weighted by molar-refractivity contribution is -0.127. The molecule has 136 valence electrons. The minimum Gasteiger partial charge on any atom is -0.356 e. The number of hydrogen-bond acceptors (Lipinski definition) is 2. The van der Waals surface area contributed by atoms with E-state index in [0.717, 1.165) is 24.8 Å². The normalized spacial score (nSPS) is 16.0. The number of hydrogen-bond donors (Lipinski definition) is 2. The first-order valence-corrected chi connectivity index (χ1v) is 8.74. The van der Waals surface area contributed by atoms with E-state index in [9.17, 15) is 4.79 Å². The monoisotopic (exact) mass is 438 g/mol. The summed E-state index contributed by atoms with van der Waals surface area (Å²) in [6, 6.07) is 0.500. The quantitative estimate of drug-likeness (QED) is 0.278. The van der Waals surface area contributed by atoms with E-state index in [1.807, 2.05) is 0 Å². The topological polar surface area (TPSA) is 56.7 Å². The summed E-state index contributed by atoms with van der Waals surface area (Å²) < 4.78 is 0. The molecule has 0 aliphatic heterocycles. The van der Waals surface area contributed by atoms with Crippen LogP contribution in [0.5, 0.6) is 0 Å². The Kier molecular flexibility index (Phi) is 12.5. The maximum atomic E-state index is 11.7. The van der Waals surface area contributed by atoms with Crippen molar-refractivity contribution in [2.75, 3.05) is 27.2 Å². The van der Waals surface area contributed by atoms with Gasteiger partial charge in [0.2, 0.25) is 5.91 Å². The lowest BCUT2D eigenvalue weighted by atomic mass is 9.96. The summed E-state index contributed by atoms with van der Waals surface area (Å²) in [5, 5.41) is 6.89. The summed E-state index contributed by atoms with van der Waals surface area (Å²) in [6.45, 7) is 5.60. The van der Waals surface area contributed by atoms with Crippen LogP contribution in [0.3, 0.4) is 0 Å². The van der Waals surface area contributed by atoms with Crippen LogP contribution >= 0.6 is 24.0 Å². The smallest absolute Gasteiger partial charge is 0.243 e. The molecule has 0 heterocycles. The molecular weight excluding hydrogens is 403 g/mol. The van der Waals surface area contributed by atoms with Gasteiger partial charge in [-0.2, -0.15) is 0 Å². The summed E-state index contributed by atoms with van der Waals surface area (Å²) in [5.74, 6) is 1.56. The first kappa shape index (κ1) is 22.5. The predicted molar refractivity (Wildman–Crippen MR) is 108 cm³/mol. The summed E-state index contributed by atoms with van der Waals surface area (Å²) in [7, 11) is 3.53. The van der Waals surface area contributed by atoms with E-state index in [0.29, 0.717) is 6.04 Å². The van der Waals surface area contributed by atoms with Gasteiger partial charge in [-0.15, -0.1) is 24.0 Å². The maximum Gasteiger partial charge on any atom is 0.243 e. The number of carbonyl (C=O) groups excluding carboxylic acids is 1. The Morgan fingerprint density at radius 3 is 2.43 bits per heavy atom. The molecule has 6 heteroatoms. The molecule has 5 nitrogen and oxygen atoms in total. The van der Waals surface area contributed by atoms with E-state index in [1.54, 1.807) is 19.0 Å². The van der Waals surface area contributed by atoms with Gasteiger partial charge in [-0.05, 0) is 31.6 Å². The fourth-order valence-electron chi connectivity index (χ4n) is 2.60. The number of halogens is 1. The summed E-state index contributed by atoms with van der Waals surface area (Å²) >= 11 is 0. The molecule has 0 bridgehead atoms. The zero-order valence-electron chi connectivity index (χ0n) is 15.2. The number of nitrogens with one attached hydrogen (secondary N) is 2. The van der Waals surface area contributed by atoms with E-state index in [4.69, 9.17) is 0 Å². The average molecular weight is 438 g/mol. The summed E-state index contributed by atoms with van der Waals surface area (Å²) in [4.78, 5) is 17.8. The second-order valence-corrected chi connectivity index (χ2v) is 6.90. The number of nitrogens with zero attached hydrogens (tertiary/aromatic N) is 2. The Morgan fingerprint density at radius 1 is 1.22 bits per heavy atom. The fourth-order valence-corrected chi connectivity index (χ4v) is 2.60. The fraction of sp³-hybridized carbons (Fsp3) is 0.882. The lowest BCUT2D eigenvalue weighted by Gasteiger charge is -2.25. The second-order valence-electron chi connectivity index (χ2n) is 6.90. The van der Waals surface area contributed by atoms with Crippen LogP contribution in [-0.4, -0.2) is 50.0 Å². The first-order chi connectivity index (χ1) is 10.5. The van der Waals surface area contributed by atoms with E-state index < -0.39 is 0 Å². The van der Waals surface area contributed by atoms with Gasteiger partial charge in [0.15, 0.2) is 5.96 Å². The van der Waals surface area contributed by atoms with Crippen molar-refractivity contribution in [1.29, 1.82) is 0 Å². The van der Waals surface area contributed by atoms with Crippen molar-refractivity contribution in [2.24, 2.45) is 10.9 Å². The number of rotatable bonds is 7. The van der Waals surface area contributed by atoms with Gasteiger partial charge in [-0.25, -0.2) is 4.99 Å². The van der Waals surface area contributed by atoms with Crippen LogP contribution in [0.25, 0.3) is 0 Å². The summed E-state index contributed by atoms with van der Waals surface area (Å²) in [6.07, 6.45) is 8.66. The molecular formula is C17H35IN4O. The largest absolute Gasteiger partial charge is 0.356 e. The minimum absolute atomic E-state index is 0. The van der Waals surface area contributed by atoms with Gasteiger partial charge in [-0.1, -0.05) is 33.1 Å². The third-order valence-corrected chi connectivity index (χ3v) is 4.07. The van der Waals surface area contributed by atoms with Gasteiger partial charge < -0.3 is 15.5 Å². The van der Waals surface area contributed by atoms with Crippen LogP contribution in [0.4, 0.5) is 0 Å². The molecule has 1 fully saturated rings.